The number of carbonyl (C=O) groups excluding carboxylic acids is 1. The van der Waals surface area contributed by atoms with Gasteiger partial charge in [-0.2, -0.15) is 0 Å². The molecule has 3 rings (SSSR count). The second kappa shape index (κ2) is 12.7. The highest BCUT2D eigenvalue weighted by molar-refractivity contribution is 5.93. The minimum Gasteiger partial charge on any atom is -0.342 e. The molecular weight excluding hydrogens is 398 g/mol. The monoisotopic (exact) mass is 431 g/mol. The number of carbonyl (C=O) groups is 1. The van der Waals surface area contributed by atoms with Crippen molar-refractivity contribution in [2.75, 3.05) is 13.6 Å². The number of aromatic nitrogens is 3. The van der Waals surface area contributed by atoms with Crippen molar-refractivity contribution in [3.63, 3.8) is 0 Å². The zero-order chi connectivity index (χ0) is 22.6. The van der Waals surface area contributed by atoms with Crippen molar-refractivity contribution >= 4 is 5.91 Å². The Labute approximate surface area is 191 Å². The summed E-state index contributed by atoms with van der Waals surface area (Å²) in [5.74, 6) is 0.0272. The highest BCUT2D eigenvalue weighted by Crippen LogP contribution is 2.12. The van der Waals surface area contributed by atoms with Crippen LogP contribution in [0.5, 0.6) is 0 Å². The SMILES string of the molecule is CCCCCCN(C)C(=O)c1ccc(CN(Cc2ccccn2)Cc2ccccn2)nc1. The third-order valence-electron chi connectivity index (χ3n) is 5.37. The van der Waals surface area contributed by atoms with Gasteiger partial charge in [-0.05, 0) is 42.8 Å². The van der Waals surface area contributed by atoms with E-state index in [0.717, 1.165) is 36.5 Å². The Kier molecular flexibility index (Phi) is 9.32. The maximum Gasteiger partial charge on any atom is 0.255 e. The molecule has 32 heavy (non-hydrogen) atoms. The number of nitrogens with zero attached hydrogens (tertiary/aromatic N) is 5. The van der Waals surface area contributed by atoms with Gasteiger partial charge in [-0.25, -0.2) is 0 Å². The maximum atomic E-state index is 12.7. The van der Waals surface area contributed by atoms with Gasteiger partial charge in [0.05, 0.1) is 22.6 Å². The van der Waals surface area contributed by atoms with Crippen LogP contribution in [0.3, 0.4) is 0 Å². The first-order valence-electron chi connectivity index (χ1n) is 11.4. The van der Waals surface area contributed by atoms with Gasteiger partial charge in [-0.15, -0.1) is 0 Å². The van der Waals surface area contributed by atoms with Crippen molar-refractivity contribution in [2.24, 2.45) is 0 Å². The van der Waals surface area contributed by atoms with Crippen molar-refractivity contribution in [2.45, 2.75) is 52.2 Å². The third-order valence-corrected chi connectivity index (χ3v) is 5.37. The van der Waals surface area contributed by atoms with E-state index in [1.165, 1.54) is 12.8 Å². The zero-order valence-corrected chi connectivity index (χ0v) is 19.2. The molecule has 6 heteroatoms. The predicted molar refractivity (Wildman–Crippen MR) is 127 cm³/mol. The summed E-state index contributed by atoms with van der Waals surface area (Å²) in [6.45, 7) is 5.01. The van der Waals surface area contributed by atoms with Crippen LogP contribution < -0.4 is 0 Å². The molecule has 0 radical (unpaired) electrons. The predicted octanol–water partition coefficient (Wildman–Crippen LogP) is 4.73. The van der Waals surface area contributed by atoms with Crippen molar-refractivity contribution in [3.8, 4) is 0 Å². The fraction of sp³-hybridized carbons (Fsp3) is 0.385. The van der Waals surface area contributed by atoms with Gasteiger partial charge in [0.15, 0.2) is 0 Å². The second-order valence-electron chi connectivity index (χ2n) is 8.11. The Morgan fingerprint density at radius 2 is 1.41 bits per heavy atom. The van der Waals surface area contributed by atoms with Crippen molar-refractivity contribution in [3.05, 3.63) is 89.8 Å². The molecule has 0 spiro atoms. The van der Waals surface area contributed by atoms with Crippen LogP contribution in [0.4, 0.5) is 0 Å². The van der Waals surface area contributed by atoms with Crippen LogP contribution in [0.2, 0.25) is 0 Å². The van der Waals surface area contributed by atoms with E-state index in [1.54, 1.807) is 11.1 Å². The molecular formula is C26H33N5O. The Morgan fingerprint density at radius 1 is 0.781 bits per heavy atom. The van der Waals surface area contributed by atoms with Crippen molar-refractivity contribution in [1.82, 2.24) is 24.8 Å². The molecule has 0 N–H and O–H groups in total. The number of unbranched alkanes of at least 4 members (excludes halogenated alkanes) is 3. The molecule has 3 aromatic heterocycles. The minimum absolute atomic E-state index is 0.0272. The van der Waals surface area contributed by atoms with Gasteiger partial charge in [0.2, 0.25) is 0 Å². The quantitative estimate of drug-likeness (QED) is 0.388. The highest BCUT2D eigenvalue weighted by atomic mass is 16.2. The lowest BCUT2D eigenvalue weighted by atomic mass is 10.2. The number of hydrogen-bond acceptors (Lipinski definition) is 5. The summed E-state index contributed by atoms with van der Waals surface area (Å²) >= 11 is 0. The molecule has 0 fully saturated rings. The lowest BCUT2D eigenvalue weighted by Crippen LogP contribution is -2.28. The van der Waals surface area contributed by atoms with Crippen LogP contribution in [0.1, 0.15) is 60.0 Å². The number of pyridine rings is 3. The number of rotatable bonds is 12. The van der Waals surface area contributed by atoms with Gasteiger partial charge in [-0.3, -0.25) is 24.6 Å². The molecule has 0 aliphatic carbocycles. The van der Waals surface area contributed by atoms with Crippen LogP contribution in [0.25, 0.3) is 0 Å². The summed E-state index contributed by atoms with van der Waals surface area (Å²) < 4.78 is 0. The van der Waals surface area contributed by atoms with E-state index < -0.39 is 0 Å². The lowest BCUT2D eigenvalue weighted by molar-refractivity contribution is 0.0792. The van der Waals surface area contributed by atoms with Gasteiger partial charge in [0.25, 0.3) is 5.91 Å². The zero-order valence-electron chi connectivity index (χ0n) is 19.2. The van der Waals surface area contributed by atoms with E-state index in [4.69, 9.17) is 0 Å². The van der Waals surface area contributed by atoms with Crippen LogP contribution in [0, 0.1) is 0 Å². The second-order valence-corrected chi connectivity index (χ2v) is 8.11. The van der Waals surface area contributed by atoms with Gasteiger partial charge >= 0.3 is 0 Å². The molecule has 0 bridgehead atoms. The summed E-state index contributed by atoms with van der Waals surface area (Å²) in [5, 5.41) is 0. The molecule has 0 aromatic carbocycles. The first-order chi connectivity index (χ1) is 15.7. The topological polar surface area (TPSA) is 62.2 Å². The molecule has 0 unspecified atom stereocenters. The Bertz CT molecular complexity index is 890. The van der Waals surface area contributed by atoms with Crippen LogP contribution >= 0.6 is 0 Å². The van der Waals surface area contributed by atoms with E-state index in [2.05, 4.69) is 26.8 Å². The van der Waals surface area contributed by atoms with Crippen LogP contribution in [-0.4, -0.2) is 44.3 Å². The maximum absolute atomic E-state index is 12.7. The van der Waals surface area contributed by atoms with Crippen molar-refractivity contribution in [1.29, 1.82) is 0 Å². The molecule has 168 valence electrons. The highest BCUT2D eigenvalue weighted by Gasteiger charge is 2.14. The molecule has 0 aliphatic heterocycles. The average molecular weight is 432 g/mol. The Morgan fingerprint density at radius 3 is 1.91 bits per heavy atom. The normalized spacial score (nSPS) is 11.0. The van der Waals surface area contributed by atoms with E-state index in [1.807, 2.05) is 68.0 Å². The molecule has 3 heterocycles. The molecule has 1 amide bonds. The third kappa shape index (κ3) is 7.54. The smallest absolute Gasteiger partial charge is 0.255 e. The fourth-order valence-electron chi connectivity index (χ4n) is 3.58. The molecule has 0 atom stereocenters. The molecule has 6 nitrogen and oxygen atoms in total. The van der Waals surface area contributed by atoms with Gasteiger partial charge in [0.1, 0.15) is 0 Å². The standard InChI is InChI=1S/C26H33N5O/c1-3-4-5-10-17-30(2)26(32)22-13-14-25(29-18-22)21-31(19-23-11-6-8-15-27-23)20-24-12-7-9-16-28-24/h6-9,11-16,18H,3-5,10,17,19-21H2,1-2H3. The first-order valence-corrected chi connectivity index (χ1v) is 11.4. The van der Waals surface area contributed by atoms with E-state index in [-0.39, 0.29) is 5.91 Å². The number of hydrogen-bond donors (Lipinski definition) is 0. The van der Waals surface area contributed by atoms with Crippen LogP contribution in [0.15, 0.2) is 67.1 Å². The number of amides is 1. The van der Waals surface area contributed by atoms with Gasteiger partial charge < -0.3 is 4.90 Å². The largest absolute Gasteiger partial charge is 0.342 e. The summed E-state index contributed by atoms with van der Waals surface area (Å²) in [4.78, 5) is 30.2. The molecule has 3 aromatic rings. The molecule has 0 saturated heterocycles. The van der Waals surface area contributed by atoms with Gasteiger partial charge in [-0.1, -0.05) is 38.3 Å². The molecule has 0 aliphatic rings. The van der Waals surface area contributed by atoms with Crippen molar-refractivity contribution < 1.29 is 4.79 Å². The minimum atomic E-state index is 0.0272. The van der Waals surface area contributed by atoms with Gasteiger partial charge in [0, 0.05) is 51.8 Å². The first kappa shape index (κ1) is 23.5. The summed E-state index contributed by atoms with van der Waals surface area (Å²) in [7, 11) is 1.86. The fourth-order valence-corrected chi connectivity index (χ4v) is 3.58. The lowest BCUT2D eigenvalue weighted by Gasteiger charge is -2.21. The Balaban J connectivity index is 1.63. The molecule has 0 saturated carbocycles. The summed E-state index contributed by atoms with van der Waals surface area (Å²) in [6, 6.07) is 15.7. The average Bonchev–Trinajstić information content (AvgIpc) is 2.83. The summed E-state index contributed by atoms with van der Waals surface area (Å²) in [6.07, 6.45) is 9.93. The van der Waals surface area contributed by atoms with E-state index in [9.17, 15) is 4.79 Å². The van der Waals surface area contributed by atoms with Crippen LogP contribution in [-0.2, 0) is 19.6 Å². The van der Waals surface area contributed by atoms with E-state index >= 15 is 0 Å². The Hall–Kier alpha value is -3.12. The summed E-state index contributed by atoms with van der Waals surface area (Å²) in [5.41, 5.74) is 3.55. The van der Waals surface area contributed by atoms with E-state index in [0.29, 0.717) is 25.2 Å².